The van der Waals surface area contributed by atoms with Gasteiger partial charge in [-0.15, -0.1) is 11.3 Å². The molecule has 0 bridgehead atoms. The van der Waals surface area contributed by atoms with Crippen LogP contribution in [-0.2, 0) is 0 Å². The van der Waals surface area contributed by atoms with Gasteiger partial charge in [0.15, 0.2) is 0 Å². The standard InChI is InChI=1S/C24H19ClN4O3S/c25-21-11-10-20(33-21)24(32)27-14-19(16-4-2-1-3-5-16)28-23(31)17-6-8-18(9-7-17)29-13-12-26-15-22(29)30/h1-13,15,19H,14H2,(H,27,32)(H,28,31). The number of hydrogen-bond acceptors (Lipinski definition) is 5. The predicted octanol–water partition coefficient (Wildman–Crippen LogP) is 3.85. The van der Waals surface area contributed by atoms with Gasteiger partial charge in [0.1, 0.15) is 0 Å². The van der Waals surface area contributed by atoms with Crippen LogP contribution in [0.2, 0.25) is 4.34 Å². The highest BCUT2D eigenvalue weighted by molar-refractivity contribution is 7.18. The number of carbonyl (C=O) groups is 2. The lowest BCUT2D eigenvalue weighted by Crippen LogP contribution is -2.37. The van der Waals surface area contributed by atoms with Gasteiger partial charge in [0, 0.05) is 30.2 Å². The van der Waals surface area contributed by atoms with Crippen molar-refractivity contribution in [2.75, 3.05) is 6.54 Å². The quantitative estimate of drug-likeness (QED) is 0.422. The van der Waals surface area contributed by atoms with E-state index in [1.165, 1.54) is 28.3 Å². The second-order valence-corrected chi connectivity index (χ2v) is 8.80. The molecule has 2 N–H and O–H groups in total. The molecule has 1 atom stereocenters. The molecular formula is C24H19ClN4O3S. The first kappa shape index (κ1) is 22.4. The monoisotopic (exact) mass is 478 g/mol. The van der Waals surface area contributed by atoms with Gasteiger partial charge in [-0.3, -0.25) is 23.9 Å². The fourth-order valence-electron chi connectivity index (χ4n) is 3.23. The van der Waals surface area contributed by atoms with E-state index in [4.69, 9.17) is 11.6 Å². The van der Waals surface area contributed by atoms with Gasteiger partial charge >= 0.3 is 0 Å². The molecular weight excluding hydrogens is 460 g/mol. The van der Waals surface area contributed by atoms with Crippen LogP contribution in [0.3, 0.4) is 0 Å². The first-order valence-corrected chi connectivity index (χ1v) is 11.2. The Morgan fingerprint density at radius 3 is 2.42 bits per heavy atom. The number of amides is 2. The Bertz CT molecular complexity index is 1320. The number of aromatic nitrogens is 2. The van der Waals surface area contributed by atoms with Crippen LogP contribution in [0.15, 0.2) is 90.1 Å². The van der Waals surface area contributed by atoms with Gasteiger partial charge in [-0.2, -0.15) is 0 Å². The van der Waals surface area contributed by atoms with Crippen molar-refractivity contribution in [3.8, 4) is 5.69 Å². The minimum atomic E-state index is -0.444. The predicted molar refractivity (Wildman–Crippen MR) is 128 cm³/mol. The van der Waals surface area contributed by atoms with E-state index in [9.17, 15) is 14.4 Å². The second kappa shape index (κ2) is 10.2. The molecule has 4 rings (SSSR count). The van der Waals surface area contributed by atoms with Crippen molar-refractivity contribution in [2.24, 2.45) is 0 Å². The highest BCUT2D eigenvalue weighted by atomic mass is 35.5. The average Bonchev–Trinajstić information content (AvgIpc) is 3.29. The van der Waals surface area contributed by atoms with E-state index in [1.807, 2.05) is 30.3 Å². The minimum Gasteiger partial charge on any atom is -0.349 e. The Hall–Kier alpha value is -3.75. The SMILES string of the molecule is O=C(NC(CNC(=O)c1ccc(Cl)s1)c1ccccc1)c1ccc(-n2ccncc2=O)cc1. The van der Waals surface area contributed by atoms with Crippen LogP contribution in [0.4, 0.5) is 0 Å². The zero-order chi connectivity index (χ0) is 23.2. The fourth-order valence-corrected chi connectivity index (χ4v) is 4.19. The van der Waals surface area contributed by atoms with Crippen LogP contribution in [0.5, 0.6) is 0 Å². The van der Waals surface area contributed by atoms with Gasteiger partial charge in [0.25, 0.3) is 17.4 Å². The first-order valence-electron chi connectivity index (χ1n) is 10.0. The molecule has 0 fully saturated rings. The van der Waals surface area contributed by atoms with Crippen molar-refractivity contribution in [2.45, 2.75) is 6.04 Å². The highest BCUT2D eigenvalue weighted by Gasteiger charge is 2.18. The number of thiophene rings is 1. The molecule has 2 amide bonds. The smallest absolute Gasteiger partial charge is 0.273 e. The molecule has 9 heteroatoms. The summed E-state index contributed by atoms with van der Waals surface area (Å²) in [6.07, 6.45) is 4.31. The van der Waals surface area contributed by atoms with Gasteiger partial charge in [-0.25, -0.2) is 0 Å². The van der Waals surface area contributed by atoms with E-state index in [0.29, 0.717) is 20.5 Å². The molecule has 2 aromatic heterocycles. The summed E-state index contributed by atoms with van der Waals surface area (Å²) in [6.45, 7) is 0.203. The van der Waals surface area contributed by atoms with Crippen LogP contribution in [0.25, 0.3) is 5.69 Å². The van der Waals surface area contributed by atoms with Crippen molar-refractivity contribution in [3.63, 3.8) is 0 Å². The number of nitrogens with one attached hydrogen (secondary N) is 2. The highest BCUT2D eigenvalue weighted by Crippen LogP contribution is 2.21. The number of hydrogen-bond donors (Lipinski definition) is 2. The molecule has 0 aliphatic rings. The Morgan fingerprint density at radius 1 is 1.00 bits per heavy atom. The van der Waals surface area contributed by atoms with Crippen LogP contribution in [0.1, 0.15) is 31.6 Å². The van der Waals surface area contributed by atoms with E-state index in [1.54, 1.807) is 42.6 Å². The first-order chi connectivity index (χ1) is 16.0. The summed E-state index contributed by atoms with van der Waals surface area (Å²) in [5, 5.41) is 5.84. The van der Waals surface area contributed by atoms with Crippen molar-refractivity contribution in [1.29, 1.82) is 0 Å². The van der Waals surface area contributed by atoms with E-state index in [2.05, 4.69) is 15.6 Å². The van der Waals surface area contributed by atoms with Gasteiger partial charge in [-0.1, -0.05) is 41.9 Å². The maximum Gasteiger partial charge on any atom is 0.273 e. The van der Waals surface area contributed by atoms with Crippen LogP contribution in [0, 0.1) is 0 Å². The molecule has 2 heterocycles. The Balaban J connectivity index is 1.48. The van der Waals surface area contributed by atoms with E-state index in [-0.39, 0.29) is 23.9 Å². The molecule has 0 saturated heterocycles. The van der Waals surface area contributed by atoms with Gasteiger partial charge < -0.3 is 10.6 Å². The Morgan fingerprint density at radius 2 is 1.76 bits per heavy atom. The summed E-state index contributed by atoms with van der Waals surface area (Å²) < 4.78 is 1.97. The molecule has 2 aromatic carbocycles. The molecule has 0 aliphatic carbocycles. The lowest BCUT2D eigenvalue weighted by molar-refractivity contribution is 0.0910. The van der Waals surface area contributed by atoms with Gasteiger partial charge in [0.2, 0.25) is 0 Å². The summed E-state index contributed by atoms with van der Waals surface area (Å²) in [7, 11) is 0. The minimum absolute atomic E-state index is 0.203. The normalized spacial score (nSPS) is 11.5. The van der Waals surface area contributed by atoms with Crippen molar-refractivity contribution >= 4 is 34.8 Å². The molecule has 4 aromatic rings. The maximum atomic E-state index is 12.9. The summed E-state index contributed by atoms with van der Waals surface area (Å²) in [5.74, 6) is -0.555. The van der Waals surface area contributed by atoms with E-state index >= 15 is 0 Å². The Kier molecular flexibility index (Phi) is 6.97. The molecule has 0 aliphatic heterocycles. The fraction of sp³-hybridized carbons (Fsp3) is 0.0833. The Labute approximate surface area is 198 Å². The van der Waals surface area contributed by atoms with Crippen molar-refractivity contribution in [3.05, 3.63) is 116 Å². The number of halogens is 1. The number of benzene rings is 2. The average molecular weight is 479 g/mol. The van der Waals surface area contributed by atoms with Gasteiger partial charge in [-0.05, 0) is 42.0 Å². The topological polar surface area (TPSA) is 93.1 Å². The zero-order valence-electron chi connectivity index (χ0n) is 17.3. The molecule has 1 unspecified atom stereocenters. The van der Waals surface area contributed by atoms with Crippen LogP contribution < -0.4 is 16.2 Å². The lowest BCUT2D eigenvalue weighted by atomic mass is 10.1. The second-order valence-electron chi connectivity index (χ2n) is 7.08. The van der Waals surface area contributed by atoms with Crippen molar-refractivity contribution < 1.29 is 9.59 Å². The number of carbonyl (C=O) groups excluding carboxylic acids is 2. The molecule has 0 spiro atoms. The largest absolute Gasteiger partial charge is 0.349 e. The summed E-state index contributed by atoms with van der Waals surface area (Å²) >= 11 is 7.11. The van der Waals surface area contributed by atoms with E-state index in [0.717, 1.165) is 5.56 Å². The van der Waals surface area contributed by atoms with E-state index < -0.39 is 6.04 Å². The number of rotatable bonds is 7. The van der Waals surface area contributed by atoms with Crippen molar-refractivity contribution in [1.82, 2.24) is 20.2 Å². The summed E-state index contributed by atoms with van der Waals surface area (Å²) in [5.41, 5.74) is 1.65. The molecule has 166 valence electrons. The third kappa shape index (κ3) is 5.54. The third-order valence-electron chi connectivity index (χ3n) is 4.90. The van der Waals surface area contributed by atoms with Crippen LogP contribution in [-0.4, -0.2) is 27.9 Å². The molecule has 33 heavy (non-hydrogen) atoms. The summed E-state index contributed by atoms with van der Waals surface area (Å²) in [4.78, 5) is 41.6. The molecule has 7 nitrogen and oxygen atoms in total. The number of nitrogens with zero attached hydrogens (tertiary/aromatic N) is 2. The lowest BCUT2D eigenvalue weighted by Gasteiger charge is -2.20. The summed E-state index contributed by atoms with van der Waals surface area (Å²) in [6, 6.07) is 19.0. The van der Waals surface area contributed by atoms with Gasteiger partial charge in [0.05, 0.1) is 21.5 Å². The third-order valence-corrected chi connectivity index (χ3v) is 6.13. The van der Waals surface area contributed by atoms with Crippen LogP contribution >= 0.6 is 22.9 Å². The maximum absolute atomic E-state index is 12.9. The molecule has 0 saturated carbocycles. The zero-order valence-corrected chi connectivity index (χ0v) is 18.8. The molecule has 0 radical (unpaired) electrons.